The van der Waals surface area contributed by atoms with Gasteiger partial charge in [0.1, 0.15) is 0 Å². The standard InChI is InChI=1S/C19H17NO/c1-12-18(16-8-4-5-9-17(16)20-12)19(21)15-10-13-6-2-3-7-14(13)11-15/h2-9,15,20H,10-11H2,1H3. The van der Waals surface area contributed by atoms with Gasteiger partial charge in [-0.15, -0.1) is 0 Å². The average molecular weight is 275 g/mol. The van der Waals surface area contributed by atoms with E-state index in [0.29, 0.717) is 0 Å². The quantitative estimate of drug-likeness (QED) is 0.702. The molecule has 0 bridgehead atoms. The monoisotopic (exact) mass is 275 g/mol. The Bertz CT molecular complexity index is 819. The number of aromatic amines is 1. The van der Waals surface area contributed by atoms with Crippen LogP contribution in [0.25, 0.3) is 10.9 Å². The largest absolute Gasteiger partial charge is 0.358 e. The second kappa shape index (κ2) is 4.59. The minimum atomic E-state index is 0.0836. The lowest BCUT2D eigenvalue weighted by Gasteiger charge is -2.08. The third-order valence-electron chi connectivity index (χ3n) is 4.56. The van der Waals surface area contributed by atoms with Crippen LogP contribution in [0.2, 0.25) is 0 Å². The van der Waals surface area contributed by atoms with Crippen LogP contribution in [0, 0.1) is 12.8 Å². The van der Waals surface area contributed by atoms with E-state index in [9.17, 15) is 4.79 Å². The Hall–Kier alpha value is -2.35. The van der Waals surface area contributed by atoms with Crippen molar-refractivity contribution in [3.05, 3.63) is 70.9 Å². The highest BCUT2D eigenvalue weighted by Gasteiger charge is 2.30. The SMILES string of the molecule is Cc1[nH]c2ccccc2c1C(=O)C1Cc2ccccc2C1. The number of fused-ring (bicyclic) bond motifs is 2. The molecule has 3 aromatic rings. The number of H-pyrrole nitrogens is 1. The first-order valence-electron chi connectivity index (χ1n) is 7.42. The van der Waals surface area contributed by atoms with Gasteiger partial charge in [-0.25, -0.2) is 0 Å². The van der Waals surface area contributed by atoms with Gasteiger partial charge in [-0.1, -0.05) is 42.5 Å². The number of carbonyl (C=O) groups is 1. The van der Waals surface area contributed by atoms with E-state index in [2.05, 4.69) is 29.2 Å². The molecule has 1 heterocycles. The number of rotatable bonds is 2. The van der Waals surface area contributed by atoms with Gasteiger partial charge in [0.2, 0.25) is 0 Å². The van der Waals surface area contributed by atoms with Crippen LogP contribution in [0.4, 0.5) is 0 Å². The number of ketones is 1. The van der Waals surface area contributed by atoms with Crippen molar-refractivity contribution in [1.29, 1.82) is 0 Å². The lowest BCUT2D eigenvalue weighted by atomic mass is 9.93. The Morgan fingerprint density at radius 1 is 1.00 bits per heavy atom. The highest BCUT2D eigenvalue weighted by molar-refractivity contribution is 6.10. The topological polar surface area (TPSA) is 32.9 Å². The number of nitrogens with one attached hydrogen (secondary N) is 1. The maximum Gasteiger partial charge on any atom is 0.169 e. The van der Waals surface area contributed by atoms with E-state index in [0.717, 1.165) is 35.0 Å². The molecule has 1 aromatic heterocycles. The van der Waals surface area contributed by atoms with Gasteiger partial charge in [0.25, 0.3) is 0 Å². The molecule has 104 valence electrons. The summed E-state index contributed by atoms with van der Waals surface area (Å²) in [5, 5.41) is 1.05. The van der Waals surface area contributed by atoms with E-state index < -0.39 is 0 Å². The fraction of sp³-hybridized carbons (Fsp3) is 0.211. The van der Waals surface area contributed by atoms with E-state index in [1.54, 1.807) is 0 Å². The predicted molar refractivity (Wildman–Crippen MR) is 84.7 cm³/mol. The van der Waals surface area contributed by atoms with E-state index in [1.807, 2.05) is 31.2 Å². The second-order valence-corrected chi connectivity index (χ2v) is 5.91. The van der Waals surface area contributed by atoms with Crippen molar-refractivity contribution in [2.45, 2.75) is 19.8 Å². The minimum absolute atomic E-state index is 0.0836. The molecule has 0 spiro atoms. The minimum Gasteiger partial charge on any atom is -0.358 e. The predicted octanol–water partition coefficient (Wildman–Crippen LogP) is 4.07. The molecular formula is C19H17NO. The summed E-state index contributed by atoms with van der Waals surface area (Å²) < 4.78 is 0. The first kappa shape index (κ1) is 12.4. The fourth-order valence-corrected chi connectivity index (χ4v) is 3.54. The molecule has 1 N–H and O–H groups in total. The zero-order chi connectivity index (χ0) is 14.4. The van der Waals surface area contributed by atoms with Gasteiger partial charge in [0.05, 0.1) is 0 Å². The van der Waals surface area contributed by atoms with E-state index >= 15 is 0 Å². The summed E-state index contributed by atoms with van der Waals surface area (Å²) >= 11 is 0. The maximum absolute atomic E-state index is 13.0. The molecule has 0 saturated heterocycles. The van der Waals surface area contributed by atoms with Gasteiger partial charge >= 0.3 is 0 Å². The normalized spacial score (nSPS) is 14.5. The molecule has 0 amide bonds. The average Bonchev–Trinajstić information content (AvgIpc) is 3.06. The van der Waals surface area contributed by atoms with Crippen LogP contribution in [0.3, 0.4) is 0 Å². The number of Topliss-reactive ketones (excluding diaryl/α,β-unsaturated/α-hetero) is 1. The molecule has 0 radical (unpaired) electrons. The number of benzene rings is 2. The van der Waals surface area contributed by atoms with Crippen molar-refractivity contribution in [3.63, 3.8) is 0 Å². The second-order valence-electron chi connectivity index (χ2n) is 5.91. The van der Waals surface area contributed by atoms with Crippen LogP contribution < -0.4 is 0 Å². The molecule has 21 heavy (non-hydrogen) atoms. The summed E-state index contributed by atoms with van der Waals surface area (Å²) in [6, 6.07) is 16.5. The first-order chi connectivity index (χ1) is 10.2. The van der Waals surface area contributed by atoms with Crippen molar-refractivity contribution >= 4 is 16.7 Å². The lowest BCUT2D eigenvalue weighted by molar-refractivity contribution is 0.0926. The molecular weight excluding hydrogens is 258 g/mol. The summed E-state index contributed by atoms with van der Waals surface area (Å²) in [5.74, 6) is 0.362. The first-order valence-corrected chi connectivity index (χ1v) is 7.42. The Morgan fingerprint density at radius 2 is 1.62 bits per heavy atom. The molecule has 2 aromatic carbocycles. The molecule has 0 saturated carbocycles. The van der Waals surface area contributed by atoms with Crippen LogP contribution in [0.1, 0.15) is 27.2 Å². The van der Waals surface area contributed by atoms with Crippen LogP contribution in [-0.2, 0) is 12.8 Å². The summed E-state index contributed by atoms with van der Waals surface area (Å²) in [7, 11) is 0. The molecule has 2 nitrogen and oxygen atoms in total. The van der Waals surface area contributed by atoms with E-state index in [1.165, 1.54) is 11.1 Å². The third kappa shape index (κ3) is 1.90. The van der Waals surface area contributed by atoms with E-state index in [-0.39, 0.29) is 11.7 Å². The molecule has 1 aliphatic rings. The molecule has 0 atom stereocenters. The highest BCUT2D eigenvalue weighted by atomic mass is 16.1. The molecule has 0 fully saturated rings. The van der Waals surface area contributed by atoms with Crippen molar-refractivity contribution in [1.82, 2.24) is 4.98 Å². The Kier molecular flexibility index (Phi) is 2.71. The van der Waals surface area contributed by atoms with Gasteiger partial charge in [-0.3, -0.25) is 4.79 Å². The van der Waals surface area contributed by atoms with Crippen LogP contribution in [0.5, 0.6) is 0 Å². The Balaban J connectivity index is 1.74. The van der Waals surface area contributed by atoms with Gasteiger partial charge in [0, 0.05) is 28.1 Å². The third-order valence-corrected chi connectivity index (χ3v) is 4.56. The summed E-state index contributed by atoms with van der Waals surface area (Å²) in [4.78, 5) is 16.3. The van der Waals surface area contributed by atoms with Crippen molar-refractivity contribution < 1.29 is 4.79 Å². The van der Waals surface area contributed by atoms with Crippen molar-refractivity contribution in [2.75, 3.05) is 0 Å². The summed E-state index contributed by atoms with van der Waals surface area (Å²) in [6.07, 6.45) is 1.74. The summed E-state index contributed by atoms with van der Waals surface area (Å²) in [6.45, 7) is 2.00. The number of aryl methyl sites for hydroxylation is 1. The van der Waals surface area contributed by atoms with Crippen LogP contribution in [-0.4, -0.2) is 10.8 Å². The van der Waals surface area contributed by atoms with Gasteiger partial charge in [0.15, 0.2) is 5.78 Å². The maximum atomic E-state index is 13.0. The molecule has 2 heteroatoms. The summed E-state index contributed by atoms with van der Waals surface area (Å²) in [5.41, 5.74) is 5.57. The molecule has 4 rings (SSSR count). The number of aromatic nitrogens is 1. The highest BCUT2D eigenvalue weighted by Crippen LogP contribution is 2.32. The smallest absolute Gasteiger partial charge is 0.169 e. The fourth-order valence-electron chi connectivity index (χ4n) is 3.54. The Morgan fingerprint density at radius 3 is 2.33 bits per heavy atom. The molecule has 0 aliphatic heterocycles. The zero-order valence-corrected chi connectivity index (χ0v) is 12.0. The van der Waals surface area contributed by atoms with Crippen LogP contribution >= 0.6 is 0 Å². The number of hydrogen-bond acceptors (Lipinski definition) is 1. The van der Waals surface area contributed by atoms with Crippen molar-refractivity contribution in [2.24, 2.45) is 5.92 Å². The lowest BCUT2D eigenvalue weighted by Crippen LogP contribution is -2.15. The van der Waals surface area contributed by atoms with Gasteiger partial charge < -0.3 is 4.98 Å². The molecule has 1 aliphatic carbocycles. The Labute approximate surface area is 123 Å². The zero-order valence-electron chi connectivity index (χ0n) is 12.0. The van der Waals surface area contributed by atoms with Gasteiger partial charge in [-0.2, -0.15) is 0 Å². The number of carbonyl (C=O) groups excluding carboxylic acids is 1. The van der Waals surface area contributed by atoms with Crippen LogP contribution in [0.15, 0.2) is 48.5 Å². The number of hydrogen-bond donors (Lipinski definition) is 1. The molecule has 0 unspecified atom stereocenters. The van der Waals surface area contributed by atoms with Gasteiger partial charge in [-0.05, 0) is 37.0 Å². The van der Waals surface area contributed by atoms with E-state index in [4.69, 9.17) is 0 Å². The van der Waals surface area contributed by atoms with Crippen molar-refractivity contribution in [3.8, 4) is 0 Å². The number of para-hydroxylation sites is 1.